The average Bonchev–Trinajstić information content (AvgIpc) is 3.39. The normalized spacial score (nSPS) is 24.2. The largest absolute Gasteiger partial charge is 0.468 e. The van der Waals surface area contributed by atoms with Crippen molar-refractivity contribution in [1.82, 2.24) is 5.32 Å². The summed E-state index contributed by atoms with van der Waals surface area (Å²) in [4.78, 5) is 48.1. The van der Waals surface area contributed by atoms with E-state index in [0.717, 1.165) is 0 Å². The van der Waals surface area contributed by atoms with Crippen LogP contribution in [0, 0.1) is 0 Å². The van der Waals surface area contributed by atoms with Gasteiger partial charge in [0.2, 0.25) is 6.29 Å². The minimum Gasteiger partial charge on any atom is -0.459 e. The Morgan fingerprint density at radius 3 is 1.67 bits per heavy atom. The van der Waals surface area contributed by atoms with Crippen molar-refractivity contribution < 1.29 is 70.2 Å². The highest BCUT2D eigenvalue weighted by atomic mass is 35.5. The highest BCUT2D eigenvalue weighted by molar-refractivity contribution is 6.26. The van der Waals surface area contributed by atoms with E-state index in [1.807, 2.05) is 0 Å². The second-order valence-electron chi connectivity index (χ2n) is 16.2. The number of alkyl halides is 4. The highest BCUT2D eigenvalue weighted by Crippen LogP contribution is 2.37. The zero-order valence-corrected chi connectivity index (χ0v) is 39.2. The summed E-state index contributed by atoms with van der Waals surface area (Å²) in [7, 11) is 0. The smallest absolute Gasteiger partial charge is 0.459 e. The van der Waals surface area contributed by atoms with E-state index in [1.54, 1.807) is 127 Å². The molecular formula is C51H49ClF3N5O12. The molecule has 2 heterocycles. The summed E-state index contributed by atoms with van der Waals surface area (Å²) in [6, 6.07) is 38.7. The molecule has 0 saturated carbocycles. The van der Waals surface area contributed by atoms with Crippen LogP contribution in [-0.2, 0) is 78.6 Å². The third kappa shape index (κ3) is 14.8. The number of rotatable bonds is 19. The molecule has 2 fully saturated rings. The van der Waals surface area contributed by atoms with Gasteiger partial charge in [-0.25, -0.2) is 14.6 Å². The number of carbonyl (C=O) groups excluding carboxylic acids is 3. The van der Waals surface area contributed by atoms with Gasteiger partial charge in [0.05, 0.1) is 37.2 Å². The molecule has 17 nitrogen and oxygen atoms in total. The van der Waals surface area contributed by atoms with Gasteiger partial charge in [-0.2, -0.15) is 13.2 Å². The Balaban J connectivity index is 1.32. The summed E-state index contributed by atoms with van der Waals surface area (Å²) < 4.78 is 99.3. The first kappa shape index (κ1) is 52.8. The van der Waals surface area contributed by atoms with Crippen LogP contribution in [-0.4, -0.2) is 97.3 Å². The fourth-order valence-electron chi connectivity index (χ4n) is 7.73. The number of amides is 1. The first-order valence-electron chi connectivity index (χ1n) is 22.5. The molecule has 2 aliphatic rings. The number of nitrogens with one attached hydrogen (secondary N) is 1. The minimum atomic E-state index is -5.22. The van der Waals surface area contributed by atoms with Crippen LogP contribution in [0.5, 0.6) is 0 Å². The van der Waals surface area contributed by atoms with E-state index in [9.17, 15) is 33.1 Å². The molecule has 1 unspecified atom stereocenters. The molecule has 378 valence electrons. The lowest BCUT2D eigenvalue weighted by molar-refractivity contribution is -0.336. The number of azide groups is 1. The van der Waals surface area contributed by atoms with Gasteiger partial charge >= 0.3 is 24.2 Å². The summed E-state index contributed by atoms with van der Waals surface area (Å²) in [6.45, 7) is 0.585. The molecule has 1 amide bonds. The van der Waals surface area contributed by atoms with Crippen molar-refractivity contribution in [3.63, 3.8) is 0 Å². The van der Waals surface area contributed by atoms with E-state index in [-0.39, 0.29) is 32.1 Å². The lowest BCUT2D eigenvalue weighted by Crippen LogP contribution is -2.68. The molecule has 72 heavy (non-hydrogen) atoms. The summed E-state index contributed by atoms with van der Waals surface area (Å²) in [5, 5.41) is 6.45. The molecule has 0 radical (unpaired) electrons. The second-order valence-corrected chi connectivity index (χ2v) is 16.5. The lowest BCUT2D eigenvalue weighted by Gasteiger charge is -2.48. The number of halogens is 4. The van der Waals surface area contributed by atoms with E-state index in [0.29, 0.717) is 22.3 Å². The van der Waals surface area contributed by atoms with Crippen LogP contribution in [0.3, 0.4) is 0 Å². The standard InChI is InChI=1S/C51H49ClF3N5O12/c1-32-39(58-50(63)67-31-36-23-13-5-14-24-36)41(40(59-60-56)47(68-32)72-49(51(53,54)55)57-37-25-15-6-16-26-37)70-48-45(65-29-34-19-9-3-10-20-34)43(69-38(61)27-52)42(64-28-33-17-7-2-8-18-33)44(71-48)46(62)66-30-35-21-11-4-12-22-35/h2-26,32,39-45,47-48H,27-31H2,1H3,(H,58,63)/t32-,39+,40-,41+,42-,43+,44+,45-,47?,48+/m1/s1. The fourth-order valence-corrected chi connectivity index (χ4v) is 7.79. The first-order chi connectivity index (χ1) is 34.9. The van der Waals surface area contributed by atoms with Crippen molar-refractivity contribution in [2.45, 2.75) is 101 Å². The van der Waals surface area contributed by atoms with Gasteiger partial charge < -0.3 is 47.9 Å². The number of hydrogen-bond acceptors (Lipinski definition) is 14. The van der Waals surface area contributed by atoms with Crippen LogP contribution in [0.2, 0.25) is 0 Å². The highest BCUT2D eigenvalue weighted by Gasteiger charge is 2.57. The van der Waals surface area contributed by atoms with Crippen molar-refractivity contribution in [3.05, 3.63) is 184 Å². The molecule has 5 aromatic rings. The molecular weight excluding hydrogens is 967 g/mol. The van der Waals surface area contributed by atoms with Gasteiger partial charge in [-0.1, -0.05) is 145 Å². The molecule has 2 aliphatic heterocycles. The summed E-state index contributed by atoms with van der Waals surface area (Å²) >= 11 is 6.04. The quantitative estimate of drug-likeness (QED) is 0.0120. The van der Waals surface area contributed by atoms with Crippen molar-refractivity contribution >= 4 is 41.2 Å². The predicted octanol–water partition coefficient (Wildman–Crippen LogP) is 9.19. The van der Waals surface area contributed by atoms with E-state index in [4.69, 9.17) is 54.2 Å². The predicted molar refractivity (Wildman–Crippen MR) is 252 cm³/mol. The zero-order valence-electron chi connectivity index (χ0n) is 38.4. The summed E-state index contributed by atoms with van der Waals surface area (Å²) in [6.07, 6.45) is -19.9. The minimum absolute atomic E-state index is 0.136. The summed E-state index contributed by atoms with van der Waals surface area (Å²) in [5.41, 5.74) is 12.4. The average molecular weight is 1020 g/mol. The maximum Gasteiger partial charge on any atom is 0.468 e. The van der Waals surface area contributed by atoms with Gasteiger partial charge in [0.15, 0.2) is 18.5 Å². The Labute approximate surface area is 416 Å². The molecule has 5 aromatic carbocycles. The van der Waals surface area contributed by atoms with Gasteiger partial charge in [-0.05, 0) is 46.8 Å². The third-order valence-electron chi connectivity index (χ3n) is 11.2. The maximum atomic E-state index is 14.8. The Hall–Kier alpha value is -7.03. The Bertz CT molecular complexity index is 2590. The second kappa shape index (κ2) is 25.9. The zero-order chi connectivity index (χ0) is 50.9. The van der Waals surface area contributed by atoms with Gasteiger partial charge in [-0.15, -0.1) is 11.6 Å². The van der Waals surface area contributed by atoms with E-state index in [2.05, 4.69) is 20.3 Å². The van der Waals surface area contributed by atoms with Gasteiger partial charge in [-0.3, -0.25) is 4.79 Å². The van der Waals surface area contributed by atoms with E-state index < -0.39 is 97.3 Å². The molecule has 0 spiro atoms. The SMILES string of the molecule is C[C@H]1OC(OC(=Nc2ccccc2)C(F)(F)F)[C@H](N=[N+]=[N-])[C@@H](O[C@H]2O[C@H](C(=O)OCc3ccccc3)[C@H](OCc3ccccc3)[C@H](OC(=O)CCl)[C@H]2OCc2ccccc2)[C@H]1NC(=O)OCc1ccccc1. The van der Waals surface area contributed by atoms with Crippen LogP contribution in [0.15, 0.2) is 162 Å². The topological polar surface area (TPSA) is 207 Å². The molecule has 10 atom stereocenters. The van der Waals surface area contributed by atoms with Gasteiger partial charge in [0, 0.05) is 4.91 Å². The third-order valence-corrected chi connectivity index (χ3v) is 11.4. The van der Waals surface area contributed by atoms with Crippen LogP contribution in [0.1, 0.15) is 29.2 Å². The fraction of sp³-hybridized carbons (Fsp3) is 0.333. The van der Waals surface area contributed by atoms with E-state index in [1.165, 1.54) is 31.2 Å². The first-order valence-corrected chi connectivity index (χ1v) is 23.1. The molecule has 0 bridgehead atoms. The van der Waals surface area contributed by atoms with E-state index >= 15 is 0 Å². The molecule has 7 rings (SSSR count). The van der Waals surface area contributed by atoms with Crippen LogP contribution < -0.4 is 5.32 Å². The number of alkyl carbamates (subject to hydrolysis) is 1. The molecule has 0 aliphatic carbocycles. The van der Waals surface area contributed by atoms with Crippen molar-refractivity contribution in [1.29, 1.82) is 0 Å². The number of benzene rings is 5. The number of hydrogen-bond donors (Lipinski definition) is 1. The number of carbonyl (C=O) groups is 3. The monoisotopic (exact) mass is 1020 g/mol. The molecule has 1 N–H and O–H groups in total. The Morgan fingerprint density at radius 1 is 0.653 bits per heavy atom. The molecule has 2 saturated heterocycles. The molecule has 0 aromatic heterocycles. The van der Waals surface area contributed by atoms with Crippen molar-refractivity contribution in [3.8, 4) is 0 Å². The molecule has 21 heteroatoms. The van der Waals surface area contributed by atoms with Gasteiger partial charge in [0.1, 0.15) is 37.3 Å². The number of ether oxygens (including phenoxy) is 9. The van der Waals surface area contributed by atoms with Gasteiger partial charge in [0.25, 0.3) is 5.90 Å². The van der Waals surface area contributed by atoms with Crippen molar-refractivity contribution in [2.24, 2.45) is 10.1 Å². The Morgan fingerprint density at radius 2 is 1.15 bits per heavy atom. The van der Waals surface area contributed by atoms with Crippen molar-refractivity contribution in [2.75, 3.05) is 5.88 Å². The van der Waals surface area contributed by atoms with Crippen LogP contribution >= 0.6 is 11.6 Å². The van der Waals surface area contributed by atoms with Crippen LogP contribution in [0.4, 0.5) is 23.7 Å². The summed E-state index contributed by atoms with van der Waals surface area (Å²) in [5.74, 6) is -4.43. The Kier molecular flexibility index (Phi) is 19.0. The number of esters is 2. The number of aliphatic imine (C=N–C) groups is 1. The lowest BCUT2D eigenvalue weighted by atomic mass is 9.94. The number of nitrogens with zero attached hydrogens (tertiary/aromatic N) is 4. The van der Waals surface area contributed by atoms with Crippen LogP contribution in [0.25, 0.3) is 10.4 Å². The maximum absolute atomic E-state index is 14.8. The number of para-hydroxylation sites is 1.